The van der Waals surface area contributed by atoms with E-state index in [0.29, 0.717) is 17.1 Å². The molecule has 2 N–H and O–H groups in total. The molecule has 1 aliphatic heterocycles. The average Bonchev–Trinajstić information content (AvgIpc) is 2.40. The molecule has 18 heavy (non-hydrogen) atoms. The maximum Gasteiger partial charge on any atom is 0.253 e. The standard InChI is InChI=1S/C13H14BrClN2O/c14-10-1-2-12(15)11(7-10)13(18)17-8-9-3-5-16-6-4-9/h1-3,7,16H,4-6,8H2,(H,17,18). The Hall–Kier alpha value is -0.840. The molecule has 1 amide bonds. The predicted octanol–water partition coefficient (Wildman–Crippen LogP) is 2.75. The molecule has 1 aromatic carbocycles. The summed E-state index contributed by atoms with van der Waals surface area (Å²) in [5, 5.41) is 6.60. The molecule has 0 saturated heterocycles. The lowest BCUT2D eigenvalue weighted by molar-refractivity contribution is 0.0956. The van der Waals surface area contributed by atoms with Crippen molar-refractivity contribution in [3.63, 3.8) is 0 Å². The number of carbonyl (C=O) groups is 1. The molecule has 0 aliphatic carbocycles. The Morgan fingerprint density at radius 1 is 1.50 bits per heavy atom. The van der Waals surface area contributed by atoms with Crippen LogP contribution in [0.2, 0.25) is 5.02 Å². The van der Waals surface area contributed by atoms with E-state index in [0.717, 1.165) is 24.0 Å². The smallest absolute Gasteiger partial charge is 0.253 e. The van der Waals surface area contributed by atoms with Crippen LogP contribution in [0.25, 0.3) is 0 Å². The summed E-state index contributed by atoms with van der Waals surface area (Å²) in [6.07, 6.45) is 3.10. The predicted molar refractivity (Wildman–Crippen MR) is 77.1 cm³/mol. The van der Waals surface area contributed by atoms with Gasteiger partial charge in [0, 0.05) is 17.6 Å². The van der Waals surface area contributed by atoms with Gasteiger partial charge < -0.3 is 10.6 Å². The first-order valence-corrected chi connectivity index (χ1v) is 6.96. The van der Waals surface area contributed by atoms with E-state index in [1.165, 1.54) is 5.57 Å². The number of nitrogens with one attached hydrogen (secondary N) is 2. The second-order valence-electron chi connectivity index (χ2n) is 4.12. The number of amides is 1. The summed E-state index contributed by atoms with van der Waals surface area (Å²) in [7, 11) is 0. The van der Waals surface area contributed by atoms with Gasteiger partial charge in [0.2, 0.25) is 0 Å². The van der Waals surface area contributed by atoms with Crippen molar-refractivity contribution in [2.24, 2.45) is 0 Å². The van der Waals surface area contributed by atoms with Gasteiger partial charge in [0.05, 0.1) is 10.6 Å². The zero-order valence-corrected chi connectivity index (χ0v) is 12.1. The minimum Gasteiger partial charge on any atom is -0.348 e. The van der Waals surface area contributed by atoms with Crippen molar-refractivity contribution in [1.29, 1.82) is 0 Å². The molecular formula is C13H14BrClN2O. The SMILES string of the molecule is O=C(NCC1=CCNCC1)c1cc(Br)ccc1Cl. The van der Waals surface area contributed by atoms with E-state index >= 15 is 0 Å². The van der Waals surface area contributed by atoms with Gasteiger partial charge in [-0.15, -0.1) is 0 Å². The molecule has 0 radical (unpaired) electrons. The van der Waals surface area contributed by atoms with Crippen LogP contribution in [0.3, 0.4) is 0 Å². The number of rotatable bonds is 3. The Morgan fingerprint density at radius 3 is 3.06 bits per heavy atom. The largest absolute Gasteiger partial charge is 0.348 e. The van der Waals surface area contributed by atoms with E-state index < -0.39 is 0 Å². The van der Waals surface area contributed by atoms with E-state index in [1.807, 2.05) is 6.07 Å². The van der Waals surface area contributed by atoms with Crippen molar-refractivity contribution >= 4 is 33.4 Å². The number of carbonyl (C=O) groups excluding carboxylic acids is 1. The average molecular weight is 330 g/mol. The highest BCUT2D eigenvalue weighted by Crippen LogP contribution is 2.20. The zero-order chi connectivity index (χ0) is 13.0. The van der Waals surface area contributed by atoms with Gasteiger partial charge in [-0.2, -0.15) is 0 Å². The van der Waals surface area contributed by atoms with E-state index in [-0.39, 0.29) is 5.91 Å². The minimum atomic E-state index is -0.138. The van der Waals surface area contributed by atoms with Crippen LogP contribution in [0.5, 0.6) is 0 Å². The minimum absolute atomic E-state index is 0.138. The number of hydrogen-bond donors (Lipinski definition) is 2. The van der Waals surface area contributed by atoms with Gasteiger partial charge in [-0.05, 0) is 31.2 Å². The van der Waals surface area contributed by atoms with Crippen LogP contribution in [-0.2, 0) is 0 Å². The highest BCUT2D eigenvalue weighted by Gasteiger charge is 2.11. The summed E-state index contributed by atoms with van der Waals surface area (Å²) in [5.74, 6) is -0.138. The van der Waals surface area contributed by atoms with Crippen LogP contribution in [0.1, 0.15) is 16.8 Å². The van der Waals surface area contributed by atoms with Crippen molar-refractivity contribution in [2.45, 2.75) is 6.42 Å². The van der Waals surface area contributed by atoms with Gasteiger partial charge in [0.1, 0.15) is 0 Å². The molecule has 1 aliphatic rings. The van der Waals surface area contributed by atoms with E-state index in [9.17, 15) is 4.79 Å². The maximum atomic E-state index is 12.0. The number of halogens is 2. The number of hydrogen-bond acceptors (Lipinski definition) is 2. The summed E-state index contributed by atoms with van der Waals surface area (Å²) in [6.45, 7) is 2.44. The molecule has 0 bridgehead atoms. The van der Waals surface area contributed by atoms with Gasteiger partial charge in [0.15, 0.2) is 0 Å². The molecule has 0 saturated carbocycles. The first kappa shape index (κ1) is 13.6. The van der Waals surface area contributed by atoms with Crippen LogP contribution in [0.15, 0.2) is 34.3 Å². The lowest BCUT2D eigenvalue weighted by Crippen LogP contribution is -2.29. The van der Waals surface area contributed by atoms with Crippen molar-refractivity contribution in [3.8, 4) is 0 Å². The first-order chi connectivity index (χ1) is 8.66. The molecule has 0 aromatic heterocycles. The molecule has 2 rings (SSSR count). The summed E-state index contributed by atoms with van der Waals surface area (Å²) in [4.78, 5) is 12.0. The highest BCUT2D eigenvalue weighted by atomic mass is 79.9. The fourth-order valence-corrected chi connectivity index (χ4v) is 2.36. The van der Waals surface area contributed by atoms with Crippen LogP contribution in [0.4, 0.5) is 0 Å². The molecule has 1 heterocycles. The third-order valence-corrected chi connectivity index (χ3v) is 3.63. The second kappa shape index (κ2) is 6.36. The normalized spacial score (nSPS) is 15.1. The maximum absolute atomic E-state index is 12.0. The Morgan fingerprint density at radius 2 is 2.33 bits per heavy atom. The Bertz CT molecular complexity index is 488. The first-order valence-electron chi connectivity index (χ1n) is 5.78. The third kappa shape index (κ3) is 3.57. The van der Waals surface area contributed by atoms with E-state index in [2.05, 4.69) is 32.6 Å². The molecule has 3 nitrogen and oxygen atoms in total. The second-order valence-corrected chi connectivity index (χ2v) is 5.45. The Balaban J connectivity index is 1.99. The molecule has 0 atom stereocenters. The zero-order valence-electron chi connectivity index (χ0n) is 9.80. The van der Waals surface area contributed by atoms with Crippen LogP contribution >= 0.6 is 27.5 Å². The van der Waals surface area contributed by atoms with Crippen molar-refractivity contribution in [3.05, 3.63) is 44.9 Å². The van der Waals surface area contributed by atoms with Crippen LogP contribution in [0, 0.1) is 0 Å². The summed E-state index contributed by atoms with van der Waals surface area (Å²) >= 11 is 9.34. The van der Waals surface area contributed by atoms with Gasteiger partial charge in [-0.1, -0.05) is 39.2 Å². The lowest BCUT2D eigenvalue weighted by Gasteiger charge is -2.15. The van der Waals surface area contributed by atoms with E-state index in [4.69, 9.17) is 11.6 Å². The Kier molecular flexibility index (Phi) is 4.80. The highest BCUT2D eigenvalue weighted by molar-refractivity contribution is 9.10. The molecule has 1 aromatic rings. The van der Waals surface area contributed by atoms with Crippen LogP contribution in [-0.4, -0.2) is 25.5 Å². The lowest BCUT2D eigenvalue weighted by atomic mass is 10.1. The molecule has 0 unspecified atom stereocenters. The van der Waals surface area contributed by atoms with Gasteiger partial charge >= 0.3 is 0 Å². The Labute approximate surface area is 120 Å². The summed E-state index contributed by atoms with van der Waals surface area (Å²) in [6, 6.07) is 5.26. The van der Waals surface area contributed by atoms with Crippen LogP contribution < -0.4 is 10.6 Å². The monoisotopic (exact) mass is 328 g/mol. The molecule has 96 valence electrons. The molecule has 5 heteroatoms. The van der Waals surface area contributed by atoms with Crippen molar-refractivity contribution in [1.82, 2.24) is 10.6 Å². The molecular weight excluding hydrogens is 316 g/mol. The molecule has 0 fully saturated rings. The summed E-state index contributed by atoms with van der Waals surface area (Å²) in [5.41, 5.74) is 1.76. The molecule has 0 spiro atoms. The van der Waals surface area contributed by atoms with E-state index in [1.54, 1.807) is 12.1 Å². The van der Waals surface area contributed by atoms with Gasteiger partial charge in [-0.3, -0.25) is 4.79 Å². The van der Waals surface area contributed by atoms with Gasteiger partial charge in [-0.25, -0.2) is 0 Å². The fourth-order valence-electron chi connectivity index (χ4n) is 1.79. The van der Waals surface area contributed by atoms with Crippen molar-refractivity contribution < 1.29 is 4.79 Å². The fraction of sp³-hybridized carbons (Fsp3) is 0.308. The topological polar surface area (TPSA) is 41.1 Å². The summed E-state index contributed by atoms with van der Waals surface area (Å²) < 4.78 is 0.845. The quantitative estimate of drug-likeness (QED) is 0.837. The van der Waals surface area contributed by atoms with Crippen molar-refractivity contribution in [2.75, 3.05) is 19.6 Å². The van der Waals surface area contributed by atoms with Gasteiger partial charge in [0.25, 0.3) is 5.91 Å². The number of benzene rings is 1. The third-order valence-electron chi connectivity index (χ3n) is 2.81.